The molecule has 3 N–H and O–H groups in total. The lowest BCUT2D eigenvalue weighted by Gasteiger charge is -2.26. The lowest BCUT2D eigenvalue weighted by atomic mass is 10.1. The van der Waals surface area contributed by atoms with Gasteiger partial charge >= 0.3 is 0 Å². The van der Waals surface area contributed by atoms with E-state index in [-0.39, 0.29) is 5.91 Å². The van der Waals surface area contributed by atoms with E-state index >= 15 is 0 Å². The number of piperidine rings is 1. The first-order chi connectivity index (χ1) is 9.69. The molecule has 1 fully saturated rings. The van der Waals surface area contributed by atoms with E-state index in [4.69, 9.17) is 5.73 Å². The van der Waals surface area contributed by atoms with Gasteiger partial charge in [-0.05, 0) is 37.2 Å². The van der Waals surface area contributed by atoms with E-state index in [2.05, 4.69) is 22.4 Å². The number of anilines is 1. The van der Waals surface area contributed by atoms with Crippen molar-refractivity contribution in [3.63, 3.8) is 0 Å². The highest BCUT2D eigenvalue weighted by molar-refractivity contribution is 5.95. The summed E-state index contributed by atoms with van der Waals surface area (Å²) in [6.45, 7) is 5.40. The highest BCUT2D eigenvalue weighted by Crippen LogP contribution is 2.08. The monoisotopic (exact) mass is 274 g/mol. The molecule has 0 bridgehead atoms. The Balaban J connectivity index is 1.84. The predicted molar refractivity (Wildman–Crippen MR) is 81.7 cm³/mol. The van der Waals surface area contributed by atoms with Crippen LogP contribution >= 0.6 is 0 Å². The van der Waals surface area contributed by atoms with Crippen LogP contribution in [0.2, 0.25) is 0 Å². The van der Waals surface area contributed by atoms with Crippen molar-refractivity contribution in [2.45, 2.75) is 26.2 Å². The second-order valence-electron chi connectivity index (χ2n) is 5.08. The highest BCUT2D eigenvalue weighted by atomic mass is 16.2. The van der Waals surface area contributed by atoms with Crippen LogP contribution in [0.1, 0.15) is 36.5 Å². The zero-order valence-corrected chi connectivity index (χ0v) is 11.9. The van der Waals surface area contributed by atoms with Crippen molar-refractivity contribution in [1.82, 2.24) is 10.3 Å². The number of nitrogens with zero attached hydrogens (tertiary/aromatic N) is 2. The maximum absolute atomic E-state index is 11.9. The van der Waals surface area contributed by atoms with Crippen LogP contribution in [-0.2, 0) is 0 Å². The molecule has 0 aromatic heterocycles. The van der Waals surface area contributed by atoms with Crippen molar-refractivity contribution < 1.29 is 4.79 Å². The van der Waals surface area contributed by atoms with Gasteiger partial charge in [0.2, 0.25) is 0 Å². The SMILES string of the molecule is CCCN1CCC(=NNC(=O)c2ccc(N)cc2)CC1. The molecular formula is C15H22N4O. The first-order valence-electron chi connectivity index (χ1n) is 7.12. The van der Waals surface area contributed by atoms with Crippen LogP contribution in [0.5, 0.6) is 0 Å². The van der Waals surface area contributed by atoms with Gasteiger partial charge in [-0.15, -0.1) is 0 Å². The summed E-state index contributed by atoms with van der Waals surface area (Å²) in [5.41, 5.74) is 10.5. The smallest absolute Gasteiger partial charge is 0.271 e. The predicted octanol–water partition coefficient (Wildman–Crippen LogP) is 1.86. The zero-order valence-electron chi connectivity index (χ0n) is 11.9. The number of nitrogens with one attached hydrogen (secondary N) is 1. The van der Waals surface area contributed by atoms with E-state index in [1.165, 1.54) is 6.42 Å². The molecule has 1 saturated heterocycles. The van der Waals surface area contributed by atoms with Crippen LogP contribution in [0.25, 0.3) is 0 Å². The van der Waals surface area contributed by atoms with Gasteiger partial charge in [-0.1, -0.05) is 6.92 Å². The highest BCUT2D eigenvalue weighted by Gasteiger charge is 2.14. The van der Waals surface area contributed by atoms with Crippen molar-refractivity contribution in [2.24, 2.45) is 5.10 Å². The van der Waals surface area contributed by atoms with Crippen molar-refractivity contribution in [3.05, 3.63) is 29.8 Å². The number of nitrogens with two attached hydrogens (primary N) is 1. The Morgan fingerprint density at radius 3 is 2.55 bits per heavy atom. The summed E-state index contributed by atoms with van der Waals surface area (Å²) < 4.78 is 0. The van der Waals surface area contributed by atoms with Gasteiger partial charge in [-0.25, -0.2) is 5.43 Å². The normalized spacial score (nSPS) is 15.9. The Hall–Kier alpha value is -1.88. The Morgan fingerprint density at radius 2 is 1.95 bits per heavy atom. The van der Waals surface area contributed by atoms with Crippen molar-refractivity contribution >= 4 is 17.3 Å². The lowest BCUT2D eigenvalue weighted by molar-refractivity contribution is 0.0954. The molecule has 1 heterocycles. The number of hydrogen-bond acceptors (Lipinski definition) is 4. The number of likely N-dealkylation sites (tertiary alicyclic amines) is 1. The van der Waals surface area contributed by atoms with Gasteiger partial charge in [-0.2, -0.15) is 5.10 Å². The summed E-state index contributed by atoms with van der Waals surface area (Å²) in [4.78, 5) is 14.3. The minimum absolute atomic E-state index is 0.187. The Morgan fingerprint density at radius 1 is 1.30 bits per heavy atom. The van der Waals surface area contributed by atoms with Crippen LogP contribution in [0.3, 0.4) is 0 Å². The van der Waals surface area contributed by atoms with E-state index in [0.29, 0.717) is 11.3 Å². The van der Waals surface area contributed by atoms with E-state index in [9.17, 15) is 4.79 Å². The van der Waals surface area contributed by atoms with Crippen LogP contribution in [0.15, 0.2) is 29.4 Å². The molecule has 0 unspecified atom stereocenters. The molecule has 0 saturated carbocycles. The fourth-order valence-corrected chi connectivity index (χ4v) is 2.29. The second kappa shape index (κ2) is 7.05. The molecule has 1 amide bonds. The molecule has 108 valence electrons. The van der Waals surface area contributed by atoms with Crippen molar-refractivity contribution in [1.29, 1.82) is 0 Å². The molecule has 0 aliphatic carbocycles. The molecule has 1 aliphatic heterocycles. The van der Waals surface area contributed by atoms with Crippen LogP contribution in [0, 0.1) is 0 Å². The van der Waals surface area contributed by atoms with Gasteiger partial charge in [-0.3, -0.25) is 4.79 Å². The summed E-state index contributed by atoms with van der Waals surface area (Å²) in [5.74, 6) is -0.187. The fraction of sp³-hybridized carbons (Fsp3) is 0.467. The van der Waals surface area contributed by atoms with Crippen molar-refractivity contribution in [3.8, 4) is 0 Å². The van der Waals surface area contributed by atoms with Crippen LogP contribution in [0.4, 0.5) is 5.69 Å². The first-order valence-corrected chi connectivity index (χ1v) is 7.12. The van der Waals surface area contributed by atoms with Gasteiger partial charge in [0.25, 0.3) is 5.91 Å². The largest absolute Gasteiger partial charge is 0.399 e. The maximum Gasteiger partial charge on any atom is 0.271 e. The van der Waals surface area contributed by atoms with Gasteiger partial charge in [0.15, 0.2) is 0 Å². The van der Waals surface area contributed by atoms with E-state index in [1.54, 1.807) is 24.3 Å². The van der Waals surface area contributed by atoms with E-state index < -0.39 is 0 Å². The minimum atomic E-state index is -0.187. The van der Waals surface area contributed by atoms with Gasteiger partial charge < -0.3 is 10.6 Å². The fourth-order valence-electron chi connectivity index (χ4n) is 2.29. The number of rotatable bonds is 4. The summed E-state index contributed by atoms with van der Waals surface area (Å²) in [5, 5.41) is 4.24. The zero-order chi connectivity index (χ0) is 14.4. The average Bonchev–Trinajstić information content (AvgIpc) is 2.47. The third-order valence-corrected chi connectivity index (χ3v) is 3.46. The Labute approximate surface area is 119 Å². The molecule has 1 aliphatic rings. The van der Waals surface area contributed by atoms with Gasteiger partial charge in [0.1, 0.15) is 0 Å². The molecule has 20 heavy (non-hydrogen) atoms. The standard InChI is InChI=1S/C15H22N4O/c1-2-9-19-10-7-14(8-11-19)17-18-15(20)12-3-5-13(16)6-4-12/h3-6H,2,7-11,16H2,1H3,(H,18,20). The minimum Gasteiger partial charge on any atom is -0.399 e. The molecule has 0 spiro atoms. The Kier molecular flexibility index (Phi) is 5.12. The number of nitrogen functional groups attached to an aromatic ring is 1. The summed E-state index contributed by atoms with van der Waals surface area (Å²) in [6.07, 6.45) is 3.05. The molecule has 0 atom stereocenters. The number of hydrazone groups is 1. The summed E-state index contributed by atoms with van der Waals surface area (Å²) >= 11 is 0. The molecule has 2 rings (SSSR count). The van der Waals surface area contributed by atoms with Crippen LogP contribution < -0.4 is 11.2 Å². The molecular weight excluding hydrogens is 252 g/mol. The molecule has 0 radical (unpaired) electrons. The molecule has 1 aromatic carbocycles. The number of carbonyl (C=O) groups is 1. The number of benzene rings is 1. The summed E-state index contributed by atoms with van der Waals surface area (Å²) in [7, 11) is 0. The topological polar surface area (TPSA) is 70.7 Å². The third-order valence-electron chi connectivity index (χ3n) is 3.46. The van der Waals surface area contributed by atoms with Crippen molar-refractivity contribution in [2.75, 3.05) is 25.4 Å². The average molecular weight is 274 g/mol. The summed E-state index contributed by atoms with van der Waals surface area (Å²) in [6, 6.07) is 6.83. The third kappa shape index (κ3) is 4.06. The molecule has 5 nitrogen and oxygen atoms in total. The Bertz CT molecular complexity index is 471. The number of amides is 1. The molecule has 5 heteroatoms. The van der Waals surface area contributed by atoms with Crippen LogP contribution in [-0.4, -0.2) is 36.2 Å². The first kappa shape index (κ1) is 14.5. The lowest BCUT2D eigenvalue weighted by Crippen LogP contribution is -2.35. The van der Waals surface area contributed by atoms with Gasteiger partial charge in [0.05, 0.1) is 0 Å². The van der Waals surface area contributed by atoms with E-state index in [1.807, 2.05) is 0 Å². The number of hydrogen-bond donors (Lipinski definition) is 2. The van der Waals surface area contributed by atoms with E-state index in [0.717, 1.165) is 38.2 Å². The molecule has 1 aromatic rings. The second-order valence-corrected chi connectivity index (χ2v) is 5.08. The number of carbonyl (C=O) groups excluding carboxylic acids is 1. The van der Waals surface area contributed by atoms with Gasteiger partial charge in [0, 0.05) is 42.9 Å². The quantitative estimate of drug-likeness (QED) is 0.650. The maximum atomic E-state index is 11.9.